The molecule has 2 aliphatic carbocycles. The first kappa shape index (κ1) is 14.4. The van der Waals surface area contributed by atoms with Gasteiger partial charge in [0.25, 0.3) is 0 Å². The summed E-state index contributed by atoms with van der Waals surface area (Å²) in [6, 6.07) is 0. The van der Waals surface area contributed by atoms with Crippen LogP contribution in [0.4, 0.5) is 0 Å². The van der Waals surface area contributed by atoms with Gasteiger partial charge in [0.1, 0.15) is 6.10 Å². The van der Waals surface area contributed by atoms with Gasteiger partial charge in [-0.3, -0.25) is 4.79 Å². The molecule has 0 aromatic heterocycles. The molecule has 20 heavy (non-hydrogen) atoms. The molecule has 5 nitrogen and oxygen atoms in total. The molecule has 3 fully saturated rings. The van der Waals surface area contributed by atoms with E-state index in [-0.39, 0.29) is 23.7 Å². The zero-order valence-electron chi connectivity index (χ0n) is 11.6. The molecule has 0 amide bonds. The van der Waals surface area contributed by atoms with Crippen LogP contribution < -0.4 is 0 Å². The molecule has 7 atom stereocenters. The number of aliphatic hydroxyl groups excluding tert-OH is 3. The van der Waals surface area contributed by atoms with E-state index in [0.717, 1.165) is 25.7 Å². The summed E-state index contributed by atoms with van der Waals surface area (Å²) in [7, 11) is 0. The lowest BCUT2D eigenvalue weighted by molar-refractivity contribution is -0.191. The summed E-state index contributed by atoms with van der Waals surface area (Å²) in [6.45, 7) is 0. The molecule has 0 spiro atoms. The minimum atomic E-state index is -1.07. The second-order valence-electron chi connectivity index (χ2n) is 6.59. The average molecular weight is 284 g/mol. The van der Waals surface area contributed by atoms with Gasteiger partial charge in [-0.15, -0.1) is 0 Å². The van der Waals surface area contributed by atoms with Crippen molar-refractivity contribution >= 4 is 5.78 Å². The van der Waals surface area contributed by atoms with Crippen LogP contribution in [0.1, 0.15) is 44.9 Å². The van der Waals surface area contributed by atoms with Crippen LogP contribution in [0, 0.1) is 11.8 Å². The predicted molar refractivity (Wildman–Crippen MR) is 71.0 cm³/mol. The zero-order chi connectivity index (χ0) is 14.3. The molecule has 0 radical (unpaired) electrons. The molecular weight excluding hydrogens is 260 g/mol. The molecule has 1 heterocycles. The molecule has 114 valence electrons. The van der Waals surface area contributed by atoms with E-state index in [1.54, 1.807) is 0 Å². The largest absolute Gasteiger partial charge is 0.390 e. The van der Waals surface area contributed by atoms with Crippen molar-refractivity contribution < 1.29 is 24.9 Å². The highest BCUT2D eigenvalue weighted by Crippen LogP contribution is 2.39. The monoisotopic (exact) mass is 284 g/mol. The highest BCUT2D eigenvalue weighted by molar-refractivity contribution is 5.87. The van der Waals surface area contributed by atoms with E-state index in [2.05, 4.69) is 0 Å². The third-order valence-electron chi connectivity index (χ3n) is 5.29. The Balaban J connectivity index is 1.71. The van der Waals surface area contributed by atoms with Crippen molar-refractivity contribution in [2.45, 2.75) is 75.5 Å². The van der Waals surface area contributed by atoms with Gasteiger partial charge in [0.2, 0.25) is 0 Å². The molecule has 7 unspecified atom stereocenters. The molecule has 3 aliphatic rings. The molecule has 0 aromatic carbocycles. The molecule has 5 heteroatoms. The maximum Gasteiger partial charge on any atom is 0.169 e. The van der Waals surface area contributed by atoms with E-state index >= 15 is 0 Å². The van der Waals surface area contributed by atoms with E-state index in [1.165, 1.54) is 0 Å². The molecule has 0 aromatic rings. The van der Waals surface area contributed by atoms with Gasteiger partial charge in [-0.05, 0) is 38.0 Å². The number of ether oxygens (including phenoxy) is 1. The molecule has 3 rings (SSSR count). The molecule has 1 aliphatic heterocycles. The molecule has 3 N–H and O–H groups in total. The van der Waals surface area contributed by atoms with Gasteiger partial charge in [-0.1, -0.05) is 12.8 Å². The number of rotatable bonds is 1. The van der Waals surface area contributed by atoms with E-state index in [9.17, 15) is 20.1 Å². The second-order valence-corrected chi connectivity index (χ2v) is 6.59. The van der Waals surface area contributed by atoms with Gasteiger partial charge in [0.05, 0.1) is 24.4 Å². The first-order chi connectivity index (χ1) is 9.58. The highest BCUT2D eigenvalue weighted by Gasteiger charge is 2.48. The number of fused-ring (bicyclic) bond motifs is 1. The summed E-state index contributed by atoms with van der Waals surface area (Å²) >= 11 is 0. The van der Waals surface area contributed by atoms with Crippen molar-refractivity contribution in [3.63, 3.8) is 0 Å². The van der Waals surface area contributed by atoms with Crippen LogP contribution in [0.25, 0.3) is 0 Å². The van der Waals surface area contributed by atoms with Gasteiger partial charge in [-0.25, -0.2) is 0 Å². The summed E-state index contributed by atoms with van der Waals surface area (Å²) < 4.78 is 6.03. The van der Waals surface area contributed by atoms with Crippen molar-refractivity contribution in [3.05, 3.63) is 0 Å². The molecule has 2 saturated carbocycles. The van der Waals surface area contributed by atoms with Gasteiger partial charge < -0.3 is 20.1 Å². The SMILES string of the molecule is O=C1C(O)C(C2CCC(O)C(O)C2)OC2CCCCC12. The lowest BCUT2D eigenvalue weighted by atomic mass is 9.73. The van der Waals surface area contributed by atoms with Crippen LogP contribution >= 0.6 is 0 Å². The standard InChI is InChI=1S/C15H24O5/c16-10-6-5-8(7-11(10)17)15-14(19)13(18)9-3-1-2-4-12(9)20-15/h8-12,14-17,19H,1-7H2. The maximum absolute atomic E-state index is 12.3. The number of carbonyl (C=O) groups is 1. The number of hydrogen-bond donors (Lipinski definition) is 3. The number of ketones is 1. The smallest absolute Gasteiger partial charge is 0.169 e. The number of Topliss-reactive ketones (excluding diaryl/α,β-unsaturated/α-hetero) is 1. The fraction of sp³-hybridized carbons (Fsp3) is 0.933. The first-order valence-electron chi connectivity index (χ1n) is 7.81. The second kappa shape index (κ2) is 5.72. The quantitative estimate of drug-likeness (QED) is 0.648. The first-order valence-corrected chi connectivity index (χ1v) is 7.81. The molecular formula is C15H24O5. The van der Waals surface area contributed by atoms with E-state index in [4.69, 9.17) is 4.74 Å². The Hall–Kier alpha value is -0.490. The normalized spacial score (nSPS) is 49.8. The Labute approximate surface area is 118 Å². The lowest BCUT2D eigenvalue weighted by Crippen LogP contribution is -2.56. The maximum atomic E-state index is 12.3. The Bertz CT molecular complexity index is 371. The van der Waals surface area contributed by atoms with Crippen molar-refractivity contribution in [2.75, 3.05) is 0 Å². The molecule has 0 bridgehead atoms. The third kappa shape index (κ3) is 2.52. The van der Waals surface area contributed by atoms with Gasteiger partial charge >= 0.3 is 0 Å². The van der Waals surface area contributed by atoms with Gasteiger partial charge in [0.15, 0.2) is 5.78 Å². The lowest BCUT2D eigenvalue weighted by Gasteiger charge is -2.45. The Kier molecular flexibility index (Phi) is 4.13. The van der Waals surface area contributed by atoms with Gasteiger partial charge in [0, 0.05) is 5.92 Å². The van der Waals surface area contributed by atoms with Crippen LogP contribution in [-0.2, 0) is 9.53 Å². The van der Waals surface area contributed by atoms with Crippen LogP contribution in [0.15, 0.2) is 0 Å². The van der Waals surface area contributed by atoms with E-state index in [1.807, 2.05) is 0 Å². The van der Waals surface area contributed by atoms with Gasteiger partial charge in [-0.2, -0.15) is 0 Å². The van der Waals surface area contributed by atoms with Crippen molar-refractivity contribution in [1.82, 2.24) is 0 Å². The van der Waals surface area contributed by atoms with E-state index in [0.29, 0.717) is 19.3 Å². The minimum absolute atomic E-state index is 0.0461. The van der Waals surface area contributed by atoms with E-state index < -0.39 is 24.4 Å². The number of hydrogen-bond acceptors (Lipinski definition) is 5. The fourth-order valence-electron chi connectivity index (χ4n) is 4.07. The Morgan fingerprint density at radius 2 is 1.70 bits per heavy atom. The predicted octanol–water partition coefficient (Wildman–Crippen LogP) is 0.396. The molecule has 1 saturated heterocycles. The average Bonchev–Trinajstić information content (AvgIpc) is 2.46. The van der Waals surface area contributed by atoms with Crippen LogP contribution in [0.5, 0.6) is 0 Å². The summed E-state index contributed by atoms with van der Waals surface area (Å²) in [5.74, 6) is -0.268. The third-order valence-corrected chi connectivity index (χ3v) is 5.29. The fourth-order valence-corrected chi connectivity index (χ4v) is 4.07. The summed E-state index contributed by atoms with van der Waals surface area (Å²) in [5.41, 5.74) is 0. The zero-order valence-corrected chi connectivity index (χ0v) is 11.6. The van der Waals surface area contributed by atoms with Crippen molar-refractivity contribution in [1.29, 1.82) is 0 Å². The Morgan fingerprint density at radius 1 is 0.950 bits per heavy atom. The van der Waals surface area contributed by atoms with Crippen LogP contribution in [-0.4, -0.2) is 51.6 Å². The summed E-state index contributed by atoms with van der Waals surface area (Å²) in [4.78, 5) is 12.3. The van der Waals surface area contributed by atoms with Crippen molar-refractivity contribution in [2.24, 2.45) is 11.8 Å². The number of aliphatic hydroxyl groups is 3. The number of carbonyl (C=O) groups excluding carboxylic acids is 1. The minimum Gasteiger partial charge on any atom is -0.390 e. The Morgan fingerprint density at radius 3 is 2.45 bits per heavy atom. The summed E-state index contributed by atoms with van der Waals surface area (Å²) in [6.07, 6.45) is 2.29. The highest BCUT2D eigenvalue weighted by atomic mass is 16.5. The summed E-state index contributed by atoms with van der Waals surface area (Å²) in [5, 5.41) is 29.6. The van der Waals surface area contributed by atoms with Crippen LogP contribution in [0.3, 0.4) is 0 Å². The van der Waals surface area contributed by atoms with Crippen LogP contribution in [0.2, 0.25) is 0 Å². The topological polar surface area (TPSA) is 87.0 Å². The van der Waals surface area contributed by atoms with Crippen molar-refractivity contribution in [3.8, 4) is 0 Å².